The van der Waals surface area contributed by atoms with Crippen molar-refractivity contribution in [2.45, 2.75) is 110 Å². The molecule has 0 aromatic carbocycles. The van der Waals surface area contributed by atoms with Crippen molar-refractivity contribution in [1.29, 1.82) is 0 Å². The van der Waals surface area contributed by atoms with Crippen LogP contribution in [-0.4, -0.2) is 67.9 Å². The van der Waals surface area contributed by atoms with E-state index in [2.05, 4.69) is 38.7 Å². The fraction of sp³-hybridized carbons (Fsp3) is 0.912. The predicted molar refractivity (Wildman–Crippen MR) is 152 cm³/mol. The summed E-state index contributed by atoms with van der Waals surface area (Å²) >= 11 is 0. The number of rotatable bonds is 7. The van der Waals surface area contributed by atoms with Crippen LogP contribution in [0.4, 0.5) is 0 Å². The van der Waals surface area contributed by atoms with Gasteiger partial charge >= 0.3 is 0 Å². The molecule has 5 heteroatoms. The Bertz CT molecular complexity index is 1030. The van der Waals surface area contributed by atoms with E-state index < -0.39 is 0 Å². The summed E-state index contributed by atoms with van der Waals surface area (Å²) in [6, 6.07) is 0.516. The van der Waals surface area contributed by atoms with Crippen molar-refractivity contribution >= 4 is 5.78 Å². The number of hydrogen-bond acceptors (Lipinski definition) is 5. The number of ether oxygens (including phenoxy) is 3. The lowest BCUT2D eigenvalue weighted by molar-refractivity contribution is -0.148. The molecule has 2 saturated heterocycles. The third-order valence-electron chi connectivity index (χ3n) is 13.9. The second-order valence-corrected chi connectivity index (χ2v) is 15.3. The van der Waals surface area contributed by atoms with E-state index in [1.54, 1.807) is 0 Å². The maximum Gasteiger partial charge on any atom is 0.155 e. The summed E-state index contributed by atoms with van der Waals surface area (Å²) < 4.78 is 18.9. The number of nitrogens with zero attached hydrogens (tertiary/aromatic N) is 1. The fourth-order valence-electron chi connectivity index (χ4n) is 12.2. The van der Waals surface area contributed by atoms with Crippen LogP contribution in [0.2, 0.25) is 0 Å². The van der Waals surface area contributed by atoms with Gasteiger partial charge in [-0.25, -0.2) is 0 Å². The minimum absolute atomic E-state index is 0.0204. The van der Waals surface area contributed by atoms with Gasteiger partial charge in [0.1, 0.15) is 0 Å². The molecule has 218 valence electrons. The highest BCUT2D eigenvalue weighted by Crippen LogP contribution is 2.87. The van der Waals surface area contributed by atoms with Gasteiger partial charge in [-0.2, -0.15) is 0 Å². The van der Waals surface area contributed by atoms with Crippen molar-refractivity contribution in [3.8, 4) is 0 Å². The zero-order valence-electron chi connectivity index (χ0n) is 25.3. The molecule has 0 amide bonds. The van der Waals surface area contributed by atoms with Crippen LogP contribution in [0.15, 0.2) is 11.6 Å². The molecule has 0 N–H and O–H groups in total. The number of allylic oxidation sites excluding steroid dienone is 2. The highest BCUT2D eigenvalue weighted by Gasteiger charge is 2.84. The smallest absolute Gasteiger partial charge is 0.155 e. The Balaban J connectivity index is 1.12. The van der Waals surface area contributed by atoms with Crippen LogP contribution in [0.25, 0.3) is 0 Å². The molecule has 4 saturated carbocycles. The molecule has 0 aromatic heterocycles. The van der Waals surface area contributed by atoms with Crippen LogP contribution in [0, 0.1) is 45.8 Å². The second kappa shape index (κ2) is 9.38. The molecule has 2 aliphatic heterocycles. The second-order valence-electron chi connectivity index (χ2n) is 15.3. The lowest BCUT2D eigenvalue weighted by Gasteiger charge is -2.50. The van der Waals surface area contributed by atoms with Crippen molar-refractivity contribution < 1.29 is 19.0 Å². The highest BCUT2D eigenvalue weighted by molar-refractivity contribution is 5.91. The molecule has 0 bridgehead atoms. The molecule has 7 aliphatic rings. The molecule has 6 fully saturated rings. The molecule has 2 spiro atoms. The van der Waals surface area contributed by atoms with Gasteiger partial charge in [-0.3, -0.25) is 9.69 Å². The molecule has 39 heavy (non-hydrogen) atoms. The SMILES string of the molecule is CCOCCOCCN1C[C@@H](C)C[C@H]2O[C@]3(CC[C@H]4[C@@H]5CCC6=CC(=O)CC[C@]6(C)[C@H]5CC45CC53C)[C@H](C)[C@@H]21. The standard InChI is InChI=1S/C34H53NO4/c1-6-37-15-16-38-14-13-35-20-22(2)17-29-30(35)23(3)34(39-29)12-10-27-26-8-7-24-18-25(36)9-11-31(24,4)28(26)19-33(27)21-32(33,34)5/h18,22-23,26-30H,6-17,19-21H2,1-5H3/t22-,23+,26-,27-,28-,29+,30-,31-,32?,33?,34+/m0/s1. The summed E-state index contributed by atoms with van der Waals surface area (Å²) in [6.07, 6.45) is 13.3. The fourth-order valence-corrected chi connectivity index (χ4v) is 12.2. The Hall–Kier alpha value is -0.750. The molecule has 11 atom stereocenters. The number of piperidine rings is 1. The first-order valence-electron chi connectivity index (χ1n) is 16.5. The van der Waals surface area contributed by atoms with E-state index in [-0.39, 0.29) is 11.0 Å². The normalized spacial score (nSPS) is 52.1. The summed E-state index contributed by atoms with van der Waals surface area (Å²) in [5.41, 5.74) is 2.53. The molecule has 0 aromatic rings. The van der Waals surface area contributed by atoms with Crippen LogP contribution >= 0.6 is 0 Å². The van der Waals surface area contributed by atoms with Crippen molar-refractivity contribution in [2.24, 2.45) is 45.8 Å². The van der Waals surface area contributed by atoms with E-state index in [1.165, 1.54) is 50.6 Å². The zero-order chi connectivity index (χ0) is 27.2. The van der Waals surface area contributed by atoms with Gasteiger partial charge in [-0.15, -0.1) is 0 Å². The van der Waals surface area contributed by atoms with Gasteiger partial charge in [0, 0.05) is 43.5 Å². The lowest BCUT2D eigenvalue weighted by Crippen LogP contribution is -2.55. The Kier molecular flexibility index (Phi) is 6.52. The van der Waals surface area contributed by atoms with Crippen LogP contribution < -0.4 is 0 Å². The Morgan fingerprint density at radius 2 is 1.87 bits per heavy atom. The first kappa shape index (κ1) is 27.1. The van der Waals surface area contributed by atoms with Crippen LogP contribution in [-0.2, 0) is 19.0 Å². The summed E-state index contributed by atoms with van der Waals surface area (Å²) in [6.45, 7) is 17.3. The maximum absolute atomic E-state index is 12.3. The number of likely N-dealkylation sites (tertiary alicyclic amines) is 1. The minimum atomic E-state index is 0.0204. The van der Waals surface area contributed by atoms with Gasteiger partial charge in [-0.05, 0) is 98.9 Å². The van der Waals surface area contributed by atoms with Gasteiger partial charge in [0.25, 0.3) is 0 Å². The molecule has 2 heterocycles. The number of carbonyl (C=O) groups is 1. The number of hydrogen-bond donors (Lipinski definition) is 0. The molecular formula is C34H53NO4. The first-order chi connectivity index (χ1) is 18.7. The largest absolute Gasteiger partial charge is 0.379 e. The van der Waals surface area contributed by atoms with Crippen molar-refractivity contribution in [3.05, 3.63) is 11.6 Å². The van der Waals surface area contributed by atoms with E-state index in [1.807, 2.05) is 6.92 Å². The average Bonchev–Trinajstić information content (AvgIpc) is 3.24. The molecule has 5 nitrogen and oxygen atoms in total. The van der Waals surface area contributed by atoms with Crippen molar-refractivity contribution in [3.63, 3.8) is 0 Å². The van der Waals surface area contributed by atoms with Gasteiger partial charge < -0.3 is 14.2 Å². The van der Waals surface area contributed by atoms with Crippen LogP contribution in [0.1, 0.15) is 92.4 Å². The van der Waals surface area contributed by atoms with E-state index >= 15 is 0 Å². The Labute approximate surface area is 236 Å². The van der Waals surface area contributed by atoms with E-state index in [0.717, 1.165) is 56.8 Å². The summed E-state index contributed by atoms with van der Waals surface area (Å²) in [5, 5.41) is 0. The average molecular weight is 540 g/mol. The summed E-state index contributed by atoms with van der Waals surface area (Å²) in [4.78, 5) is 15.1. The Morgan fingerprint density at radius 1 is 1.05 bits per heavy atom. The lowest BCUT2D eigenvalue weighted by atomic mass is 9.56. The first-order valence-corrected chi connectivity index (χ1v) is 16.5. The molecule has 2 unspecified atom stereocenters. The monoisotopic (exact) mass is 539 g/mol. The minimum Gasteiger partial charge on any atom is -0.379 e. The van der Waals surface area contributed by atoms with E-state index in [9.17, 15) is 4.79 Å². The van der Waals surface area contributed by atoms with Crippen molar-refractivity contribution in [1.82, 2.24) is 4.90 Å². The summed E-state index contributed by atoms with van der Waals surface area (Å²) in [5.74, 6) is 4.08. The number of ketones is 1. The van der Waals surface area contributed by atoms with E-state index in [4.69, 9.17) is 14.2 Å². The molecule has 7 rings (SSSR count). The zero-order valence-corrected chi connectivity index (χ0v) is 25.3. The third kappa shape index (κ3) is 3.67. The quantitative estimate of drug-likeness (QED) is 0.368. The van der Waals surface area contributed by atoms with Gasteiger partial charge in [-0.1, -0.05) is 33.3 Å². The maximum atomic E-state index is 12.3. The van der Waals surface area contributed by atoms with Gasteiger partial charge in [0.05, 0.1) is 31.5 Å². The predicted octanol–water partition coefficient (Wildman–Crippen LogP) is 6.06. The summed E-state index contributed by atoms with van der Waals surface area (Å²) in [7, 11) is 0. The van der Waals surface area contributed by atoms with E-state index in [0.29, 0.717) is 53.8 Å². The van der Waals surface area contributed by atoms with Crippen LogP contribution in [0.3, 0.4) is 0 Å². The highest BCUT2D eigenvalue weighted by atomic mass is 16.5. The molecule has 0 radical (unpaired) electrons. The number of fused-ring (bicyclic) bond motifs is 6. The Morgan fingerprint density at radius 3 is 2.69 bits per heavy atom. The molecule has 5 aliphatic carbocycles. The van der Waals surface area contributed by atoms with Gasteiger partial charge in [0.15, 0.2) is 5.78 Å². The van der Waals surface area contributed by atoms with Gasteiger partial charge in [0.2, 0.25) is 0 Å². The molecular weight excluding hydrogens is 486 g/mol. The topological polar surface area (TPSA) is 48.0 Å². The van der Waals surface area contributed by atoms with Crippen molar-refractivity contribution in [2.75, 3.05) is 39.5 Å². The van der Waals surface area contributed by atoms with Crippen LogP contribution in [0.5, 0.6) is 0 Å². The third-order valence-corrected chi connectivity index (χ3v) is 13.9. The number of carbonyl (C=O) groups excluding carboxylic acids is 1.